The fourth-order valence-electron chi connectivity index (χ4n) is 5.05. The van der Waals surface area contributed by atoms with Gasteiger partial charge in [0.15, 0.2) is 0 Å². The molecule has 0 spiro atoms. The lowest BCUT2D eigenvalue weighted by Gasteiger charge is -2.33. The second-order valence-electron chi connectivity index (χ2n) is 9.69. The van der Waals surface area contributed by atoms with E-state index in [9.17, 15) is 31.8 Å². The van der Waals surface area contributed by atoms with Gasteiger partial charge in [0.25, 0.3) is 5.91 Å². The van der Waals surface area contributed by atoms with E-state index in [0.29, 0.717) is 36.5 Å². The van der Waals surface area contributed by atoms with Crippen LogP contribution in [0.15, 0.2) is 42.5 Å². The molecule has 3 heterocycles. The van der Waals surface area contributed by atoms with Crippen molar-refractivity contribution in [2.75, 3.05) is 26.2 Å². The molecule has 0 radical (unpaired) electrons. The number of rotatable bonds is 7. The molecule has 13 heteroatoms. The van der Waals surface area contributed by atoms with Crippen LogP contribution in [0.5, 0.6) is 5.75 Å². The highest BCUT2D eigenvalue weighted by Crippen LogP contribution is 2.34. The molecule has 39 heavy (non-hydrogen) atoms. The highest BCUT2D eigenvalue weighted by atomic mass is 32.2. The molecule has 9 nitrogen and oxygen atoms in total. The Morgan fingerprint density at radius 2 is 1.67 bits per heavy atom. The number of alkyl halides is 3. The number of carbonyl (C=O) groups excluding carboxylic acids is 3. The van der Waals surface area contributed by atoms with Crippen molar-refractivity contribution >= 4 is 28.7 Å². The molecule has 2 atom stereocenters. The van der Waals surface area contributed by atoms with Crippen LogP contribution in [0.1, 0.15) is 39.9 Å². The molecule has 3 aliphatic heterocycles. The van der Waals surface area contributed by atoms with Crippen LogP contribution >= 0.6 is 0 Å². The zero-order valence-corrected chi connectivity index (χ0v) is 21.7. The maximum absolute atomic E-state index is 13.0. The molecular formula is C26H27F3N4O5S. The van der Waals surface area contributed by atoms with Gasteiger partial charge >= 0.3 is 5.51 Å². The summed E-state index contributed by atoms with van der Waals surface area (Å²) in [5.41, 5.74) is -1.66. The lowest BCUT2D eigenvalue weighted by atomic mass is 10.0. The molecule has 5 rings (SSSR count). The molecule has 0 aromatic heterocycles. The minimum atomic E-state index is -4.73. The monoisotopic (exact) mass is 564 g/mol. The number of hydrogen-bond acceptors (Lipinski definition) is 6. The molecular weight excluding hydrogens is 537 g/mol. The molecule has 0 saturated carbocycles. The number of piperidine rings is 1. The summed E-state index contributed by atoms with van der Waals surface area (Å²) in [6.45, 7) is 2.00. The van der Waals surface area contributed by atoms with Crippen LogP contribution in [0.2, 0.25) is 0 Å². The molecule has 2 saturated heterocycles. The van der Waals surface area contributed by atoms with Crippen LogP contribution in [-0.4, -0.2) is 73.8 Å². The van der Waals surface area contributed by atoms with Crippen molar-refractivity contribution < 1.29 is 36.5 Å². The Balaban J connectivity index is 1.15. The number of nitrogens with zero attached hydrogens (tertiary/aromatic N) is 3. The SMILES string of the molecule is O=C1CCC(N2Cc3c(OCc4ccc(CN5CCN(S(=O)C(F)(F)F)CC5)cc4)cccc3C2=O)C(=O)N1. The zero-order valence-electron chi connectivity index (χ0n) is 20.9. The third-order valence-electron chi connectivity index (χ3n) is 7.13. The number of ether oxygens (including phenoxy) is 1. The van der Waals surface area contributed by atoms with Crippen LogP contribution in [0.4, 0.5) is 13.2 Å². The number of amides is 3. The van der Waals surface area contributed by atoms with Crippen LogP contribution in [0.25, 0.3) is 0 Å². The van der Waals surface area contributed by atoms with Gasteiger partial charge in [0.2, 0.25) is 22.8 Å². The van der Waals surface area contributed by atoms with Gasteiger partial charge < -0.3 is 9.64 Å². The summed E-state index contributed by atoms with van der Waals surface area (Å²) in [4.78, 5) is 40.3. The predicted octanol–water partition coefficient (Wildman–Crippen LogP) is 2.33. The van der Waals surface area contributed by atoms with Gasteiger partial charge in [-0.05, 0) is 29.7 Å². The van der Waals surface area contributed by atoms with Crippen LogP contribution in [-0.2, 0) is 40.3 Å². The van der Waals surface area contributed by atoms with Crippen molar-refractivity contribution in [3.8, 4) is 5.75 Å². The van der Waals surface area contributed by atoms with E-state index in [0.717, 1.165) is 15.4 Å². The fraction of sp³-hybridized carbons (Fsp3) is 0.423. The van der Waals surface area contributed by atoms with Crippen LogP contribution in [0.3, 0.4) is 0 Å². The van der Waals surface area contributed by atoms with Crippen molar-refractivity contribution in [2.45, 2.75) is 44.1 Å². The van der Waals surface area contributed by atoms with Gasteiger partial charge in [-0.1, -0.05) is 30.3 Å². The van der Waals surface area contributed by atoms with Gasteiger partial charge in [0.1, 0.15) is 18.4 Å². The Bertz CT molecular complexity index is 1300. The average Bonchev–Trinajstić information content (AvgIpc) is 3.24. The van der Waals surface area contributed by atoms with E-state index in [1.165, 1.54) is 4.90 Å². The third kappa shape index (κ3) is 5.99. The van der Waals surface area contributed by atoms with E-state index in [1.807, 2.05) is 29.2 Å². The summed E-state index contributed by atoms with van der Waals surface area (Å²) in [5.74, 6) is -0.515. The molecule has 0 bridgehead atoms. The fourth-order valence-corrected chi connectivity index (χ4v) is 5.84. The number of nitrogens with one attached hydrogen (secondary N) is 1. The normalized spacial score (nSPS) is 21.6. The van der Waals surface area contributed by atoms with E-state index in [-0.39, 0.29) is 50.9 Å². The van der Waals surface area contributed by atoms with E-state index >= 15 is 0 Å². The number of fused-ring (bicyclic) bond motifs is 1. The second-order valence-corrected chi connectivity index (χ2v) is 11.2. The first-order valence-corrected chi connectivity index (χ1v) is 13.6. The van der Waals surface area contributed by atoms with Gasteiger partial charge in [0.05, 0.1) is 6.54 Å². The summed E-state index contributed by atoms with van der Waals surface area (Å²) >= 11 is 0. The summed E-state index contributed by atoms with van der Waals surface area (Å²) in [6.07, 6.45) is 0.473. The number of benzene rings is 2. The van der Waals surface area contributed by atoms with Crippen molar-refractivity contribution in [2.24, 2.45) is 0 Å². The van der Waals surface area contributed by atoms with Gasteiger partial charge in [-0.3, -0.25) is 24.6 Å². The van der Waals surface area contributed by atoms with Crippen molar-refractivity contribution in [1.82, 2.24) is 19.4 Å². The van der Waals surface area contributed by atoms with Gasteiger partial charge in [0, 0.05) is 50.3 Å². The molecule has 2 fully saturated rings. The minimum absolute atomic E-state index is 0.0862. The summed E-state index contributed by atoms with van der Waals surface area (Å²) in [7, 11) is -2.97. The van der Waals surface area contributed by atoms with Gasteiger partial charge in [-0.15, -0.1) is 0 Å². The predicted molar refractivity (Wildman–Crippen MR) is 134 cm³/mol. The number of imide groups is 1. The average molecular weight is 565 g/mol. The highest BCUT2D eigenvalue weighted by molar-refractivity contribution is 7.83. The maximum atomic E-state index is 13.0. The Kier molecular flexibility index (Phi) is 7.74. The highest BCUT2D eigenvalue weighted by Gasteiger charge is 2.42. The molecule has 2 aromatic rings. The lowest BCUT2D eigenvalue weighted by molar-refractivity contribution is -0.136. The Labute approximate surface area is 225 Å². The quantitative estimate of drug-likeness (QED) is 0.519. The second kappa shape index (κ2) is 11.1. The Hall–Kier alpha value is -3.29. The third-order valence-corrected chi connectivity index (χ3v) is 8.36. The minimum Gasteiger partial charge on any atom is -0.489 e. The molecule has 2 unspecified atom stereocenters. The number of carbonyl (C=O) groups is 3. The molecule has 0 aliphatic carbocycles. The number of halogens is 3. The van der Waals surface area contributed by atoms with Gasteiger partial charge in [-0.25, -0.2) is 8.51 Å². The first kappa shape index (κ1) is 27.3. The smallest absolute Gasteiger partial charge is 0.485 e. The van der Waals surface area contributed by atoms with E-state index < -0.39 is 28.4 Å². The van der Waals surface area contributed by atoms with E-state index in [1.54, 1.807) is 18.2 Å². The van der Waals surface area contributed by atoms with Gasteiger partial charge in [-0.2, -0.15) is 13.2 Å². The standard InChI is InChI=1S/C26H27F3N4O5S/c27-26(28,29)39(37)32-12-10-31(11-13-32)14-17-4-6-18(7-5-17)16-38-22-3-1-2-19-20(22)15-33(25(19)36)21-8-9-23(34)30-24(21)35/h1-7,21H,8-16H2,(H,30,34,35). The molecule has 208 valence electrons. The van der Waals surface area contributed by atoms with Crippen LogP contribution in [0, 0.1) is 0 Å². The number of hydrogen-bond donors (Lipinski definition) is 1. The molecule has 3 aliphatic rings. The van der Waals surface area contributed by atoms with E-state index in [4.69, 9.17) is 4.74 Å². The summed E-state index contributed by atoms with van der Waals surface area (Å²) < 4.78 is 56.6. The van der Waals surface area contributed by atoms with Crippen molar-refractivity contribution in [3.63, 3.8) is 0 Å². The zero-order chi connectivity index (χ0) is 27.7. The lowest BCUT2D eigenvalue weighted by Crippen LogP contribution is -2.52. The molecule has 2 aromatic carbocycles. The summed E-state index contributed by atoms with van der Waals surface area (Å²) in [5, 5.41) is 2.30. The Morgan fingerprint density at radius 1 is 0.974 bits per heavy atom. The van der Waals surface area contributed by atoms with E-state index in [2.05, 4.69) is 5.32 Å². The molecule has 1 N–H and O–H groups in total. The first-order valence-electron chi connectivity index (χ1n) is 12.5. The number of piperazine rings is 1. The molecule has 3 amide bonds. The largest absolute Gasteiger partial charge is 0.489 e. The van der Waals surface area contributed by atoms with Crippen LogP contribution < -0.4 is 10.1 Å². The maximum Gasteiger partial charge on any atom is 0.485 e. The first-order chi connectivity index (χ1) is 18.6. The Morgan fingerprint density at radius 3 is 2.33 bits per heavy atom. The topological polar surface area (TPSA) is 99.3 Å². The van der Waals surface area contributed by atoms with Crippen molar-refractivity contribution in [3.05, 3.63) is 64.7 Å². The van der Waals surface area contributed by atoms with Crippen molar-refractivity contribution in [1.29, 1.82) is 0 Å². The summed E-state index contributed by atoms with van der Waals surface area (Å²) in [6, 6.07) is 12.2.